The van der Waals surface area contributed by atoms with Gasteiger partial charge in [0.2, 0.25) is 0 Å². The smallest absolute Gasteiger partial charge is 0.271 e. The largest absolute Gasteiger partial charge is 0.379 e. The molecule has 0 saturated carbocycles. The predicted octanol–water partition coefficient (Wildman–Crippen LogP) is 5.57. The number of amidine groups is 1. The molecular weight excluding hydrogens is 532 g/mol. The van der Waals surface area contributed by atoms with Gasteiger partial charge in [0.1, 0.15) is 11.7 Å². The molecule has 0 radical (unpaired) electrons. The van der Waals surface area contributed by atoms with Gasteiger partial charge in [0, 0.05) is 37.8 Å². The second-order valence-corrected chi connectivity index (χ2v) is 12.4. The predicted molar refractivity (Wildman–Crippen MR) is 153 cm³/mol. The quantitative estimate of drug-likeness (QED) is 0.180. The monoisotopic (exact) mass is 559 g/mol. The van der Waals surface area contributed by atoms with Gasteiger partial charge < -0.3 is 9.41 Å². The number of nitro groups is 1. The van der Waals surface area contributed by atoms with Crippen LogP contribution in [0, 0.1) is 22.9 Å². The normalized spacial score (nSPS) is 19.2. The van der Waals surface area contributed by atoms with Crippen LogP contribution >= 0.6 is 7.36 Å². The molecule has 1 atom stereocenters. The summed E-state index contributed by atoms with van der Waals surface area (Å²) in [6.45, 7) is 4.18. The number of aliphatic imine (C=N–C) groups is 1. The molecule has 12 heteroatoms. The topological polar surface area (TPSA) is 101 Å². The maximum absolute atomic E-state index is 14.0. The number of hydrogen-bond donors (Lipinski definition) is 0. The molecular formula is C28H27FN7O3P. The number of halogens is 1. The van der Waals surface area contributed by atoms with Crippen molar-refractivity contribution in [3.05, 3.63) is 106 Å². The summed E-state index contributed by atoms with van der Waals surface area (Å²) in [6, 6.07) is 22.4. The first-order valence-corrected chi connectivity index (χ1v) is 14.5. The number of fused-ring (bicyclic) bond motifs is 1. The summed E-state index contributed by atoms with van der Waals surface area (Å²) in [5.41, 5.74) is 2.78. The van der Waals surface area contributed by atoms with Crippen LogP contribution < -0.4 is 5.30 Å². The number of ether oxygens (including phenoxy) is 1. The van der Waals surface area contributed by atoms with Gasteiger partial charge in [-0.1, -0.05) is 24.3 Å². The van der Waals surface area contributed by atoms with E-state index < -0.39 is 12.3 Å². The van der Waals surface area contributed by atoms with Gasteiger partial charge in [-0.15, -0.1) is 0 Å². The third-order valence-corrected chi connectivity index (χ3v) is 10.9. The molecule has 4 aromatic rings. The SMILES string of the molecule is Cc1nn(-c2ccccc2)c2c1[P@@](=Nc1cccc([N+](=O)[O-])c1)(N1CCOCC1)N(C)C(c1ccc(F)cc1)=N2. The van der Waals surface area contributed by atoms with Crippen LogP contribution in [0.3, 0.4) is 0 Å². The number of para-hydroxylation sites is 1. The Hall–Kier alpha value is -4.18. The number of non-ortho nitro benzene ring substituents is 1. The maximum Gasteiger partial charge on any atom is 0.271 e. The highest BCUT2D eigenvalue weighted by atomic mass is 31.2. The minimum absolute atomic E-state index is 0.0367. The fourth-order valence-corrected chi connectivity index (χ4v) is 8.99. The molecule has 0 N–H and O–H groups in total. The first-order valence-electron chi connectivity index (χ1n) is 12.8. The zero-order valence-electron chi connectivity index (χ0n) is 22.0. The van der Waals surface area contributed by atoms with E-state index in [1.807, 2.05) is 49.0 Å². The van der Waals surface area contributed by atoms with Gasteiger partial charge in [0.25, 0.3) is 5.69 Å². The molecule has 0 unspecified atom stereocenters. The minimum Gasteiger partial charge on any atom is -0.379 e. The zero-order valence-corrected chi connectivity index (χ0v) is 22.9. The van der Waals surface area contributed by atoms with Crippen molar-refractivity contribution in [1.29, 1.82) is 0 Å². The van der Waals surface area contributed by atoms with Crippen molar-refractivity contribution in [2.45, 2.75) is 6.92 Å². The van der Waals surface area contributed by atoms with Gasteiger partial charge in [0.15, 0.2) is 13.2 Å². The molecule has 10 nitrogen and oxygen atoms in total. The van der Waals surface area contributed by atoms with Gasteiger partial charge >= 0.3 is 0 Å². The van der Waals surface area contributed by atoms with Gasteiger partial charge in [-0.2, -0.15) is 5.10 Å². The van der Waals surface area contributed by atoms with Crippen LogP contribution in [0.25, 0.3) is 5.69 Å². The summed E-state index contributed by atoms with van der Waals surface area (Å²) in [5.74, 6) is 0.901. The molecule has 0 bridgehead atoms. The molecule has 0 spiro atoms. The summed E-state index contributed by atoms with van der Waals surface area (Å²) in [7, 11) is -0.969. The van der Waals surface area contributed by atoms with Crippen molar-refractivity contribution in [2.75, 3.05) is 33.4 Å². The number of aryl methyl sites for hydroxylation is 1. The number of aromatic nitrogens is 2. The van der Waals surface area contributed by atoms with Gasteiger partial charge in [0.05, 0.1) is 40.5 Å². The Labute approximate surface area is 230 Å². The van der Waals surface area contributed by atoms with Crippen LogP contribution in [0.15, 0.2) is 88.6 Å². The molecule has 0 aliphatic carbocycles. The lowest BCUT2D eigenvalue weighted by molar-refractivity contribution is -0.384. The lowest BCUT2D eigenvalue weighted by Crippen LogP contribution is -2.45. The Balaban J connectivity index is 1.70. The highest BCUT2D eigenvalue weighted by Crippen LogP contribution is 2.61. The van der Waals surface area contributed by atoms with E-state index in [-0.39, 0.29) is 11.5 Å². The van der Waals surface area contributed by atoms with Crippen LogP contribution in [0.1, 0.15) is 11.3 Å². The minimum atomic E-state index is -2.91. The number of benzene rings is 3. The maximum atomic E-state index is 14.0. The van der Waals surface area contributed by atoms with E-state index in [1.54, 1.807) is 24.3 Å². The number of rotatable bonds is 5. The van der Waals surface area contributed by atoms with E-state index in [0.29, 0.717) is 43.6 Å². The standard InChI is InChI=1S/C28H27FN7O3P/c1-20-26-28(35(31-20)24-8-4-3-5-9-24)30-27(21-11-13-22(29)14-12-21)33(2)40(26,34-15-17-39-18-16-34)32-23-7-6-10-25(19-23)36(37)38/h3-14,19H,15-18H2,1-2H3/t40-/m0/s1. The lowest BCUT2D eigenvalue weighted by Gasteiger charge is -2.46. The second-order valence-electron chi connectivity index (χ2n) is 9.48. The van der Waals surface area contributed by atoms with Gasteiger partial charge in [-0.3, -0.25) is 10.1 Å². The van der Waals surface area contributed by atoms with Crippen LogP contribution in [0.5, 0.6) is 0 Å². The number of nitro benzene ring substituents is 1. The number of hydrogen-bond acceptors (Lipinski definition) is 6. The second kappa shape index (κ2) is 10.4. The van der Waals surface area contributed by atoms with Crippen LogP contribution in [0.4, 0.5) is 21.6 Å². The van der Waals surface area contributed by atoms with Crippen molar-refractivity contribution < 1.29 is 14.1 Å². The third kappa shape index (κ3) is 4.42. The highest BCUT2D eigenvalue weighted by molar-refractivity contribution is 7.70. The molecule has 6 rings (SSSR count). The molecule has 204 valence electrons. The molecule has 1 saturated heterocycles. The number of nitrogens with zero attached hydrogens (tertiary/aromatic N) is 7. The first kappa shape index (κ1) is 26.1. The third-order valence-electron chi connectivity index (χ3n) is 7.02. The average molecular weight is 560 g/mol. The van der Waals surface area contributed by atoms with E-state index in [9.17, 15) is 14.5 Å². The summed E-state index contributed by atoms with van der Waals surface area (Å²) < 4.78 is 31.3. The van der Waals surface area contributed by atoms with Crippen molar-refractivity contribution >= 4 is 35.7 Å². The van der Waals surface area contributed by atoms with Gasteiger partial charge in [-0.05, 0) is 49.4 Å². The highest BCUT2D eigenvalue weighted by Gasteiger charge is 2.45. The van der Waals surface area contributed by atoms with Crippen molar-refractivity contribution in [3.63, 3.8) is 0 Å². The molecule has 3 heterocycles. The molecule has 0 amide bonds. The van der Waals surface area contributed by atoms with Crippen molar-refractivity contribution in [3.8, 4) is 5.69 Å². The Morgan fingerprint density at radius 1 is 1.02 bits per heavy atom. The van der Waals surface area contributed by atoms with Gasteiger partial charge in [-0.25, -0.2) is 23.5 Å². The van der Waals surface area contributed by atoms with Crippen LogP contribution in [-0.2, 0) is 4.74 Å². The molecule has 1 aromatic heterocycles. The van der Waals surface area contributed by atoms with Crippen LogP contribution in [0.2, 0.25) is 0 Å². The fourth-order valence-electron chi connectivity index (χ4n) is 5.19. The Bertz CT molecular complexity index is 1670. The summed E-state index contributed by atoms with van der Waals surface area (Å²) in [6.07, 6.45) is 0. The van der Waals surface area contributed by atoms with E-state index in [2.05, 4.69) is 9.34 Å². The van der Waals surface area contributed by atoms with Crippen LogP contribution in [-0.4, -0.2) is 63.2 Å². The van der Waals surface area contributed by atoms with Crippen molar-refractivity contribution in [1.82, 2.24) is 19.1 Å². The molecule has 2 aliphatic rings. The van der Waals surface area contributed by atoms with E-state index >= 15 is 0 Å². The van der Waals surface area contributed by atoms with E-state index in [0.717, 1.165) is 22.2 Å². The molecule has 40 heavy (non-hydrogen) atoms. The Morgan fingerprint density at radius 3 is 2.45 bits per heavy atom. The lowest BCUT2D eigenvalue weighted by atomic mass is 10.2. The molecule has 2 aliphatic heterocycles. The summed E-state index contributed by atoms with van der Waals surface area (Å²) in [5, 5.41) is 17.5. The summed E-state index contributed by atoms with van der Waals surface area (Å²) >= 11 is 0. The summed E-state index contributed by atoms with van der Waals surface area (Å²) in [4.78, 5) is 16.3. The number of morpholine rings is 1. The zero-order chi connectivity index (χ0) is 27.9. The first-order chi connectivity index (χ1) is 19.4. The van der Waals surface area contributed by atoms with E-state index in [4.69, 9.17) is 19.6 Å². The molecule has 1 fully saturated rings. The average Bonchev–Trinajstić information content (AvgIpc) is 3.32. The fraction of sp³-hybridized carbons (Fsp3) is 0.214. The molecule has 3 aromatic carbocycles. The van der Waals surface area contributed by atoms with Crippen molar-refractivity contribution in [2.24, 2.45) is 9.74 Å². The van der Waals surface area contributed by atoms with E-state index in [1.165, 1.54) is 24.3 Å². The Kier molecular flexibility index (Phi) is 6.79. The Morgan fingerprint density at radius 2 is 1.75 bits per heavy atom.